The van der Waals surface area contributed by atoms with E-state index in [1.54, 1.807) is 0 Å². The van der Waals surface area contributed by atoms with Crippen LogP contribution in [-0.2, 0) is 38.3 Å². The molecule has 0 aromatic carbocycles. The smallest absolute Gasteiger partial charge is 0.330 e. The van der Waals surface area contributed by atoms with Crippen LogP contribution in [0.5, 0.6) is 0 Å². The number of esters is 1. The zero-order valence-corrected chi connectivity index (χ0v) is 28.0. The van der Waals surface area contributed by atoms with E-state index in [9.17, 15) is 43.8 Å². The van der Waals surface area contributed by atoms with Crippen molar-refractivity contribution in [1.29, 1.82) is 0 Å². The number of aliphatic carboxylic acids is 1. The second-order valence-corrected chi connectivity index (χ2v) is 13.0. The number of cyclic esters (lactones) is 1. The van der Waals surface area contributed by atoms with Crippen LogP contribution >= 0.6 is 0 Å². The number of hydrazine groups is 1. The minimum Gasteiger partial charge on any atom is -0.481 e. The molecule has 3 rings (SSSR count). The monoisotopic (exact) mass is 679 g/mol. The molecule has 268 valence electrons. The third-order valence-corrected chi connectivity index (χ3v) is 8.46. The highest BCUT2D eigenvalue weighted by molar-refractivity contribution is 5.97. The number of amides is 5. The summed E-state index contributed by atoms with van der Waals surface area (Å²) in [6, 6.07) is -6.25. The number of rotatable bonds is 11. The molecule has 3 heterocycles. The van der Waals surface area contributed by atoms with E-state index in [1.807, 2.05) is 20.8 Å². The van der Waals surface area contributed by atoms with E-state index in [0.29, 0.717) is 12.8 Å². The number of β-amino-alcohol motifs (C(OH)–C–C–N with tert-alkyl or cyclic N) is 1. The Morgan fingerprint density at radius 3 is 2.52 bits per heavy atom. The van der Waals surface area contributed by atoms with Crippen molar-refractivity contribution in [2.45, 2.75) is 122 Å². The molecule has 17 nitrogen and oxygen atoms in total. The molecular weight excluding hydrogens is 630 g/mol. The molecule has 0 saturated carbocycles. The summed E-state index contributed by atoms with van der Waals surface area (Å²) in [6.45, 7) is 6.34. The average molecular weight is 680 g/mol. The van der Waals surface area contributed by atoms with E-state index in [1.165, 1.54) is 13.1 Å². The third-order valence-electron chi connectivity index (χ3n) is 8.46. The van der Waals surface area contributed by atoms with Crippen molar-refractivity contribution in [3.63, 3.8) is 0 Å². The summed E-state index contributed by atoms with van der Waals surface area (Å²) in [5.74, 6) is -6.76. The number of hydrogen-bond acceptors (Lipinski definition) is 11. The fourth-order valence-corrected chi connectivity index (χ4v) is 5.78. The summed E-state index contributed by atoms with van der Waals surface area (Å²) in [4.78, 5) is 92.2. The number of fused-ring (bicyclic) bond motifs is 1. The number of carboxylic acids is 1. The van der Waals surface area contributed by atoms with Gasteiger partial charge in [0, 0.05) is 25.6 Å². The van der Waals surface area contributed by atoms with Gasteiger partial charge in [-0.3, -0.25) is 33.8 Å². The van der Waals surface area contributed by atoms with Crippen molar-refractivity contribution < 1.29 is 48.5 Å². The van der Waals surface area contributed by atoms with Gasteiger partial charge < -0.3 is 30.9 Å². The fraction of sp³-hybridized carbons (Fsp3) is 0.742. The van der Waals surface area contributed by atoms with Gasteiger partial charge in [0.15, 0.2) is 0 Å². The van der Waals surface area contributed by atoms with E-state index in [4.69, 9.17) is 4.74 Å². The number of unbranched alkanes of at least 4 members (excludes halogenated alkanes) is 2. The van der Waals surface area contributed by atoms with Crippen molar-refractivity contribution in [3.05, 3.63) is 0 Å². The Labute approximate surface area is 279 Å². The summed E-state index contributed by atoms with van der Waals surface area (Å²) < 4.78 is 5.43. The van der Waals surface area contributed by atoms with Gasteiger partial charge in [-0.25, -0.2) is 15.2 Å². The van der Waals surface area contributed by atoms with Crippen LogP contribution in [-0.4, -0.2) is 117 Å². The maximum absolute atomic E-state index is 13.7. The highest BCUT2D eigenvalue weighted by atomic mass is 16.5. The van der Waals surface area contributed by atoms with Crippen LogP contribution in [0.2, 0.25) is 0 Å². The normalized spacial score (nSPS) is 27.8. The van der Waals surface area contributed by atoms with Gasteiger partial charge in [-0.2, -0.15) is 5.10 Å². The minimum atomic E-state index is -1.53. The number of aliphatic hydroxyl groups excluding tert-OH is 1. The van der Waals surface area contributed by atoms with Crippen molar-refractivity contribution >= 4 is 47.7 Å². The van der Waals surface area contributed by atoms with Crippen molar-refractivity contribution in [2.24, 2.45) is 16.9 Å². The lowest BCUT2D eigenvalue weighted by atomic mass is 9.97. The van der Waals surface area contributed by atoms with E-state index < -0.39 is 90.3 Å². The van der Waals surface area contributed by atoms with Crippen molar-refractivity contribution in [1.82, 2.24) is 31.4 Å². The number of carbonyl (C=O) groups excluding carboxylic acids is 6. The molecule has 48 heavy (non-hydrogen) atoms. The van der Waals surface area contributed by atoms with E-state index >= 15 is 0 Å². The quantitative estimate of drug-likeness (QED) is 0.117. The first-order valence-corrected chi connectivity index (χ1v) is 16.6. The zero-order valence-electron chi connectivity index (χ0n) is 28.0. The van der Waals surface area contributed by atoms with Crippen LogP contribution in [0.1, 0.15) is 85.5 Å². The van der Waals surface area contributed by atoms with Crippen LogP contribution in [0.3, 0.4) is 0 Å². The molecule has 0 radical (unpaired) electrons. The van der Waals surface area contributed by atoms with Crippen LogP contribution in [0.15, 0.2) is 5.10 Å². The van der Waals surface area contributed by atoms with Crippen LogP contribution < -0.4 is 21.4 Å². The van der Waals surface area contributed by atoms with Crippen LogP contribution in [0.25, 0.3) is 0 Å². The predicted octanol–water partition coefficient (Wildman–Crippen LogP) is -0.822. The van der Waals surface area contributed by atoms with Gasteiger partial charge in [0.1, 0.15) is 36.8 Å². The molecule has 2 saturated heterocycles. The molecule has 3 aliphatic heterocycles. The lowest BCUT2D eigenvalue weighted by Gasteiger charge is -2.38. The van der Waals surface area contributed by atoms with Gasteiger partial charge in [0.25, 0.3) is 5.91 Å². The number of nitrogens with zero attached hydrogens (tertiary/aromatic N) is 3. The van der Waals surface area contributed by atoms with E-state index in [0.717, 1.165) is 22.9 Å². The van der Waals surface area contributed by atoms with Crippen LogP contribution in [0.4, 0.5) is 0 Å². The Kier molecular flexibility index (Phi) is 14.3. The molecule has 0 aliphatic carbocycles. The van der Waals surface area contributed by atoms with E-state index in [-0.39, 0.29) is 44.6 Å². The largest absolute Gasteiger partial charge is 0.481 e. The number of carboxylic acid groups (broad SMARTS) is 1. The zero-order chi connectivity index (χ0) is 35.5. The fourth-order valence-electron chi connectivity index (χ4n) is 5.78. The molecular formula is C31H49N7O10. The Hall–Kier alpha value is -4.12. The standard InChI is InChI=1S/C31H49N7O10/c1-5-6-7-9-19(30(45)46)13-25(40)37-23(10-8-11-32-37)28(43)36-22-16-48-31(47)24-14-20(39)15-33-38(24)29(44)18(4)34-26(41)21(12-17(2)3)35-27(22)42/h11,17-24,33,39H,5-10,12-16H2,1-4H3,(H,34,41)(H,35,42)(H,36,43)(H,45,46)/t18-,19-,20+,21+,22-,23+,24+/m0/s1. The second kappa shape index (κ2) is 17.9. The number of hydrazone groups is 1. The van der Waals surface area contributed by atoms with E-state index in [2.05, 4.69) is 26.5 Å². The molecule has 0 bridgehead atoms. The number of hydrogen-bond donors (Lipinski definition) is 6. The molecule has 0 unspecified atom stereocenters. The molecule has 6 N–H and O–H groups in total. The Morgan fingerprint density at radius 2 is 1.85 bits per heavy atom. The Morgan fingerprint density at radius 1 is 1.12 bits per heavy atom. The SMILES string of the molecule is CCCCC[C@@H](CC(=O)N1N=CCC[C@@H]1C(=O)N[C@H]1COC(=O)[C@H]2C[C@@H](O)CNN2C(=O)[C@H](C)NC(=O)[C@@H](CC(C)C)NC1=O)C(=O)O. The average Bonchev–Trinajstić information content (AvgIpc) is 3.04. The summed E-state index contributed by atoms with van der Waals surface area (Å²) in [7, 11) is 0. The number of aliphatic hydroxyl groups is 1. The predicted molar refractivity (Wildman–Crippen MR) is 169 cm³/mol. The molecule has 0 aromatic heterocycles. The summed E-state index contributed by atoms with van der Waals surface area (Å²) >= 11 is 0. The highest BCUT2D eigenvalue weighted by Crippen LogP contribution is 2.21. The summed E-state index contributed by atoms with van der Waals surface area (Å²) in [6.07, 6.45) is 3.12. The van der Waals surface area contributed by atoms with Gasteiger partial charge in [0.05, 0.1) is 12.0 Å². The first kappa shape index (κ1) is 38.3. The van der Waals surface area contributed by atoms with Gasteiger partial charge in [-0.15, -0.1) is 0 Å². The molecule has 2 fully saturated rings. The maximum Gasteiger partial charge on any atom is 0.330 e. The van der Waals surface area contributed by atoms with Gasteiger partial charge in [-0.05, 0) is 38.5 Å². The molecule has 17 heteroatoms. The first-order valence-electron chi connectivity index (χ1n) is 16.6. The Balaban J connectivity index is 1.86. The van der Waals surface area contributed by atoms with Crippen molar-refractivity contribution in [2.75, 3.05) is 13.2 Å². The lowest BCUT2D eigenvalue weighted by molar-refractivity contribution is -0.165. The lowest BCUT2D eigenvalue weighted by Crippen LogP contribution is -2.64. The van der Waals surface area contributed by atoms with Gasteiger partial charge in [-0.1, -0.05) is 40.0 Å². The molecule has 0 spiro atoms. The second-order valence-electron chi connectivity index (χ2n) is 13.0. The summed E-state index contributed by atoms with van der Waals surface area (Å²) in [5.41, 5.74) is 2.69. The summed E-state index contributed by atoms with van der Waals surface area (Å²) in [5, 5.41) is 33.6. The number of carbonyl (C=O) groups is 7. The van der Waals surface area contributed by atoms with Gasteiger partial charge in [0.2, 0.25) is 23.6 Å². The molecule has 3 aliphatic rings. The minimum absolute atomic E-state index is 0.0318. The van der Waals surface area contributed by atoms with Gasteiger partial charge >= 0.3 is 11.9 Å². The third kappa shape index (κ3) is 10.4. The maximum atomic E-state index is 13.7. The molecule has 7 atom stereocenters. The van der Waals surface area contributed by atoms with Crippen molar-refractivity contribution in [3.8, 4) is 0 Å². The molecule has 0 aromatic rings. The number of ether oxygens (including phenoxy) is 1. The Bertz CT molecular complexity index is 1240. The first-order chi connectivity index (χ1) is 22.7. The number of nitrogens with one attached hydrogen (secondary N) is 4. The van der Waals surface area contributed by atoms with Crippen LogP contribution in [0, 0.1) is 11.8 Å². The highest BCUT2D eigenvalue weighted by Gasteiger charge is 2.42. The topological polar surface area (TPSA) is 236 Å². The molecule has 5 amide bonds.